The Hall–Kier alpha value is -2.43. The van der Waals surface area contributed by atoms with Gasteiger partial charge in [-0.25, -0.2) is 0 Å². The Kier molecular flexibility index (Phi) is 4.79. The summed E-state index contributed by atoms with van der Waals surface area (Å²) in [5.41, 5.74) is 3.05. The molecular weight excluding hydrogens is 345 g/mol. The monoisotopic (exact) mass is 357 g/mol. The molecule has 3 aromatic rings. The van der Waals surface area contributed by atoms with E-state index >= 15 is 0 Å². The van der Waals surface area contributed by atoms with E-state index in [-0.39, 0.29) is 5.78 Å². The lowest BCUT2D eigenvalue weighted by Gasteiger charge is -2.00. The van der Waals surface area contributed by atoms with Crippen LogP contribution in [0, 0.1) is 0 Å². The quantitative estimate of drug-likeness (QED) is 0.502. The fraction of sp³-hybridized carbons (Fsp3) is 0.0556. The number of benzene rings is 1. The summed E-state index contributed by atoms with van der Waals surface area (Å²) in [4.78, 5) is 16.3. The molecule has 1 aromatic carbocycles. The smallest absolute Gasteiger partial charge is 0.185 e. The van der Waals surface area contributed by atoms with Crippen LogP contribution >= 0.6 is 23.2 Å². The Labute approximate surface area is 149 Å². The molecular formula is C18H13Cl2N3O. The molecule has 0 saturated heterocycles. The van der Waals surface area contributed by atoms with Crippen LogP contribution in [0.5, 0.6) is 0 Å². The van der Waals surface area contributed by atoms with Crippen molar-refractivity contribution in [1.82, 2.24) is 14.8 Å². The van der Waals surface area contributed by atoms with E-state index in [0.29, 0.717) is 15.6 Å². The molecule has 6 heteroatoms. The molecule has 3 rings (SSSR count). The predicted octanol–water partition coefficient (Wildman–Crippen LogP) is 4.69. The van der Waals surface area contributed by atoms with E-state index in [1.807, 2.05) is 25.4 Å². The second-order valence-electron chi connectivity index (χ2n) is 5.17. The molecule has 0 aliphatic rings. The number of aromatic nitrogens is 3. The third kappa shape index (κ3) is 3.55. The van der Waals surface area contributed by atoms with Crippen LogP contribution in [-0.2, 0) is 7.05 Å². The first kappa shape index (κ1) is 16.4. The summed E-state index contributed by atoms with van der Waals surface area (Å²) in [5, 5.41) is 5.22. The minimum absolute atomic E-state index is 0.155. The lowest BCUT2D eigenvalue weighted by Crippen LogP contribution is -1.94. The molecule has 0 saturated carbocycles. The zero-order valence-electron chi connectivity index (χ0n) is 12.8. The Balaban J connectivity index is 1.89. The number of rotatable bonds is 4. The molecule has 0 bridgehead atoms. The van der Waals surface area contributed by atoms with E-state index < -0.39 is 0 Å². The SMILES string of the molecule is Cn1cc(C=CC(=O)c2ccc(Cl)c(Cl)c2)c(-c2ccncc2)n1. The normalized spacial score (nSPS) is 11.1. The predicted molar refractivity (Wildman–Crippen MR) is 96.3 cm³/mol. The third-order valence-electron chi connectivity index (χ3n) is 3.43. The summed E-state index contributed by atoms with van der Waals surface area (Å²) < 4.78 is 1.71. The number of carbonyl (C=O) groups excluding carboxylic acids is 1. The van der Waals surface area contributed by atoms with Gasteiger partial charge in [0.15, 0.2) is 5.78 Å². The minimum Gasteiger partial charge on any atom is -0.289 e. The molecule has 0 radical (unpaired) electrons. The van der Waals surface area contributed by atoms with Gasteiger partial charge in [-0.2, -0.15) is 5.10 Å². The molecule has 24 heavy (non-hydrogen) atoms. The topological polar surface area (TPSA) is 47.8 Å². The Morgan fingerprint density at radius 3 is 2.58 bits per heavy atom. The Morgan fingerprint density at radius 2 is 1.88 bits per heavy atom. The van der Waals surface area contributed by atoms with Crippen molar-refractivity contribution in [1.29, 1.82) is 0 Å². The van der Waals surface area contributed by atoms with Gasteiger partial charge in [-0.05, 0) is 42.5 Å². The van der Waals surface area contributed by atoms with Crippen LogP contribution in [0.3, 0.4) is 0 Å². The molecule has 4 nitrogen and oxygen atoms in total. The van der Waals surface area contributed by atoms with Gasteiger partial charge in [0.25, 0.3) is 0 Å². The Bertz CT molecular complexity index is 917. The fourth-order valence-electron chi connectivity index (χ4n) is 2.27. The van der Waals surface area contributed by atoms with Gasteiger partial charge in [0, 0.05) is 42.3 Å². The molecule has 0 amide bonds. The average molecular weight is 358 g/mol. The number of hydrogen-bond donors (Lipinski definition) is 0. The molecule has 120 valence electrons. The van der Waals surface area contributed by atoms with Crippen molar-refractivity contribution in [3.8, 4) is 11.3 Å². The van der Waals surface area contributed by atoms with Crippen LogP contribution < -0.4 is 0 Å². The van der Waals surface area contributed by atoms with E-state index in [1.165, 1.54) is 6.08 Å². The average Bonchev–Trinajstić information content (AvgIpc) is 2.97. The number of allylic oxidation sites excluding steroid dienone is 1. The third-order valence-corrected chi connectivity index (χ3v) is 4.17. The van der Waals surface area contributed by atoms with Gasteiger partial charge in [0.1, 0.15) is 0 Å². The van der Waals surface area contributed by atoms with Crippen molar-refractivity contribution in [2.24, 2.45) is 7.05 Å². The number of halogens is 2. The molecule has 0 aliphatic heterocycles. The minimum atomic E-state index is -0.155. The lowest BCUT2D eigenvalue weighted by atomic mass is 10.1. The number of nitrogens with zero attached hydrogens (tertiary/aromatic N) is 3. The van der Waals surface area contributed by atoms with Crippen molar-refractivity contribution in [2.75, 3.05) is 0 Å². The summed E-state index contributed by atoms with van der Waals surface area (Å²) in [7, 11) is 1.84. The van der Waals surface area contributed by atoms with Crippen molar-refractivity contribution in [3.63, 3.8) is 0 Å². The van der Waals surface area contributed by atoms with Gasteiger partial charge in [-0.3, -0.25) is 14.5 Å². The molecule has 0 N–H and O–H groups in total. The molecule has 0 atom stereocenters. The van der Waals surface area contributed by atoms with E-state index in [4.69, 9.17) is 23.2 Å². The first-order valence-corrected chi connectivity index (χ1v) is 7.91. The van der Waals surface area contributed by atoms with Crippen LogP contribution in [0.2, 0.25) is 10.0 Å². The number of hydrogen-bond acceptors (Lipinski definition) is 3. The number of pyridine rings is 1. The van der Waals surface area contributed by atoms with Gasteiger partial charge in [0.05, 0.1) is 15.7 Å². The van der Waals surface area contributed by atoms with Crippen molar-refractivity contribution in [2.45, 2.75) is 0 Å². The summed E-state index contributed by atoms with van der Waals surface area (Å²) in [6.45, 7) is 0. The maximum absolute atomic E-state index is 12.3. The van der Waals surface area contributed by atoms with Crippen molar-refractivity contribution >= 4 is 35.1 Å². The molecule has 2 heterocycles. The summed E-state index contributed by atoms with van der Waals surface area (Å²) in [5.74, 6) is -0.155. The number of ketones is 1. The van der Waals surface area contributed by atoms with E-state index in [0.717, 1.165) is 16.8 Å². The highest BCUT2D eigenvalue weighted by Crippen LogP contribution is 2.24. The molecule has 0 spiro atoms. The molecule has 0 fully saturated rings. The molecule has 0 unspecified atom stereocenters. The maximum Gasteiger partial charge on any atom is 0.185 e. The second-order valence-corrected chi connectivity index (χ2v) is 5.98. The highest BCUT2D eigenvalue weighted by Gasteiger charge is 2.09. The van der Waals surface area contributed by atoms with E-state index in [1.54, 1.807) is 41.4 Å². The first-order valence-electron chi connectivity index (χ1n) is 7.16. The summed E-state index contributed by atoms with van der Waals surface area (Å²) >= 11 is 11.8. The van der Waals surface area contributed by atoms with Gasteiger partial charge in [0.2, 0.25) is 0 Å². The van der Waals surface area contributed by atoms with Crippen LogP contribution in [0.4, 0.5) is 0 Å². The number of carbonyl (C=O) groups is 1. The zero-order chi connectivity index (χ0) is 17.1. The highest BCUT2D eigenvalue weighted by molar-refractivity contribution is 6.42. The maximum atomic E-state index is 12.3. The van der Waals surface area contributed by atoms with Crippen molar-refractivity contribution in [3.05, 3.63) is 76.2 Å². The van der Waals surface area contributed by atoms with Crippen LogP contribution in [0.1, 0.15) is 15.9 Å². The second kappa shape index (κ2) is 6.99. The van der Waals surface area contributed by atoms with Gasteiger partial charge in [-0.1, -0.05) is 23.2 Å². The first-order chi connectivity index (χ1) is 11.5. The lowest BCUT2D eigenvalue weighted by molar-refractivity contribution is 0.104. The highest BCUT2D eigenvalue weighted by atomic mass is 35.5. The van der Waals surface area contributed by atoms with Crippen LogP contribution in [0.25, 0.3) is 17.3 Å². The van der Waals surface area contributed by atoms with Crippen LogP contribution in [0.15, 0.2) is 55.0 Å². The van der Waals surface area contributed by atoms with Gasteiger partial charge < -0.3 is 0 Å². The van der Waals surface area contributed by atoms with Gasteiger partial charge >= 0.3 is 0 Å². The zero-order valence-corrected chi connectivity index (χ0v) is 14.3. The van der Waals surface area contributed by atoms with E-state index in [9.17, 15) is 4.79 Å². The molecule has 2 aromatic heterocycles. The Morgan fingerprint density at radius 1 is 1.12 bits per heavy atom. The van der Waals surface area contributed by atoms with Crippen molar-refractivity contribution < 1.29 is 4.79 Å². The summed E-state index contributed by atoms with van der Waals surface area (Å²) in [6.07, 6.45) is 8.51. The largest absolute Gasteiger partial charge is 0.289 e. The summed E-state index contributed by atoms with van der Waals surface area (Å²) in [6, 6.07) is 8.57. The fourth-order valence-corrected chi connectivity index (χ4v) is 2.57. The van der Waals surface area contributed by atoms with Gasteiger partial charge in [-0.15, -0.1) is 0 Å². The molecule has 0 aliphatic carbocycles. The standard InChI is InChI=1S/C18H13Cl2N3O/c1-23-11-14(18(22-23)12-6-8-21-9-7-12)3-5-17(24)13-2-4-15(19)16(20)10-13/h2-11H,1H3. The van der Waals surface area contributed by atoms with E-state index in [2.05, 4.69) is 10.1 Å². The number of aryl methyl sites for hydroxylation is 1. The van der Waals surface area contributed by atoms with Crippen LogP contribution in [-0.4, -0.2) is 20.5 Å².